The summed E-state index contributed by atoms with van der Waals surface area (Å²) in [6.45, 7) is 1.75. The van der Waals surface area contributed by atoms with Crippen LogP contribution in [0.4, 0.5) is 0 Å². The Balaban J connectivity index is 1.73. The lowest BCUT2D eigenvalue weighted by Crippen LogP contribution is -2.18. The van der Waals surface area contributed by atoms with E-state index in [1.165, 1.54) is 6.21 Å². The maximum atomic E-state index is 12.2. The zero-order valence-corrected chi connectivity index (χ0v) is 16.7. The van der Waals surface area contributed by atoms with Crippen LogP contribution in [0.2, 0.25) is 0 Å². The molecule has 0 unspecified atom stereocenters. The van der Waals surface area contributed by atoms with Crippen LogP contribution in [-0.4, -0.2) is 22.2 Å². The van der Waals surface area contributed by atoms with Gasteiger partial charge < -0.3 is 9.52 Å². The predicted molar refractivity (Wildman–Crippen MR) is 105 cm³/mol. The highest BCUT2D eigenvalue weighted by molar-refractivity contribution is 9.11. The highest BCUT2D eigenvalue weighted by Crippen LogP contribution is 2.32. The summed E-state index contributed by atoms with van der Waals surface area (Å²) in [7, 11) is 0. The topological polar surface area (TPSA) is 87.7 Å². The smallest absolute Gasteiger partial charge is 0.327 e. The van der Waals surface area contributed by atoms with Crippen molar-refractivity contribution in [1.29, 1.82) is 0 Å². The Bertz CT molecular complexity index is 962. The summed E-state index contributed by atoms with van der Waals surface area (Å²) in [5.74, 6) is 0.0293. The van der Waals surface area contributed by atoms with Gasteiger partial charge in [0.1, 0.15) is 17.2 Å². The number of hydrogen-bond donors (Lipinski definition) is 2. The quantitative estimate of drug-likeness (QED) is 0.422. The van der Waals surface area contributed by atoms with Gasteiger partial charge in [-0.3, -0.25) is 4.79 Å². The minimum atomic E-state index is -0.552. The molecule has 3 rings (SSSR count). The van der Waals surface area contributed by atoms with Gasteiger partial charge in [-0.25, -0.2) is 10.4 Å². The molecule has 1 amide bonds. The molecule has 0 aliphatic heterocycles. The molecule has 0 radical (unpaired) electrons. The molecule has 2 aromatic carbocycles. The monoisotopic (exact) mass is 477 g/mol. The minimum absolute atomic E-state index is 0.0634. The molecule has 0 saturated carbocycles. The van der Waals surface area contributed by atoms with E-state index >= 15 is 0 Å². The summed E-state index contributed by atoms with van der Waals surface area (Å²) >= 11 is 6.47. The summed E-state index contributed by atoms with van der Waals surface area (Å²) in [5, 5.41) is 13.6. The van der Waals surface area contributed by atoms with Crippen molar-refractivity contribution in [3.8, 4) is 17.0 Å². The van der Waals surface area contributed by atoms with Crippen molar-refractivity contribution in [3.63, 3.8) is 0 Å². The van der Waals surface area contributed by atoms with Crippen LogP contribution in [0.25, 0.3) is 11.3 Å². The number of carbonyl (C=O) groups is 1. The third kappa shape index (κ3) is 4.03. The number of benzene rings is 2. The van der Waals surface area contributed by atoms with Crippen LogP contribution in [0.5, 0.6) is 5.75 Å². The number of halogens is 2. The molecule has 0 spiro atoms. The van der Waals surface area contributed by atoms with Crippen molar-refractivity contribution >= 4 is 44.0 Å². The fraction of sp³-hybridized carbons (Fsp3) is 0.0556. The molecule has 3 aromatic rings. The van der Waals surface area contributed by atoms with E-state index in [-0.39, 0.29) is 11.6 Å². The summed E-state index contributed by atoms with van der Waals surface area (Å²) in [5.41, 5.74) is 4.54. The SMILES string of the molecule is Cc1oc(C(=O)NN=Cc2cc(Br)c(O)c(Br)c2)nc1-c1ccccc1. The maximum absolute atomic E-state index is 12.2. The molecule has 6 nitrogen and oxygen atoms in total. The first kappa shape index (κ1) is 18.3. The van der Waals surface area contributed by atoms with E-state index < -0.39 is 5.91 Å². The molecule has 0 atom stereocenters. The Morgan fingerprint density at radius 3 is 2.54 bits per heavy atom. The van der Waals surface area contributed by atoms with E-state index in [0.29, 0.717) is 26.0 Å². The summed E-state index contributed by atoms with van der Waals surface area (Å²) < 4.78 is 6.46. The molecular formula is C18H13Br2N3O3. The molecule has 26 heavy (non-hydrogen) atoms. The fourth-order valence-corrected chi connectivity index (χ4v) is 3.45. The van der Waals surface area contributed by atoms with Crippen molar-refractivity contribution in [3.05, 3.63) is 68.6 Å². The Morgan fingerprint density at radius 2 is 1.88 bits per heavy atom. The molecule has 2 N–H and O–H groups in total. The first-order valence-electron chi connectivity index (χ1n) is 7.50. The van der Waals surface area contributed by atoms with Crippen LogP contribution in [0, 0.1) is 6.92 Å². The number of aryl methyl sites for hydroxylation is 1. The first-order valence-corrected chi connectivity index (χ1v) is 9.08. The van der Waals surface area contributed by atoms with Crippen LogP contribution < -0.4 is 5.43 Å². The largest absolute Gasteiger partial charge is 0.506 e. The third-order valence-corrected chi connectivity index (χ3v) is 4.67. The molecule has 0 saturated heterocycles. The number of nitrogens with zero attached hydrogens (tertiary/aromatic N) is 2. The van der Waals surface area contributed by atoms with Gasteiger partial charge in [-0.15, -0.1) is 0 Å². The highest BCUT2D eigenvalue weighted by Gasteiger charge is 2.17. The number of amides is 1. The number of carbonyl (C=O) groups excluding carboxylic acids is 1. The number of nitrogens with one attached hydrogen (secondary N) is 1. The van der Waals surface area contributed by atoms with Gasteiger partial charge in [-0.1, -0.05) is 30.3 Å². The number of rotatable bonds is 4. The third-order valence-electron chi connectivity index (χ3n) is 3.46. The Kier molecular flexibility index (Phi) is 5.53. The van der Waals surface area contributed by atoms with Gasteiger partial charge in [0.25, 0.3) is 5.89 Å². The second-order valence-corrected chi connectivity index (χ2v) is 7.03. The molecule has 1 heterocycles. The van der Waals surface area contributed by atoms with Crippen LogP contribution >= 0.6 is 31.9 Å². The van der Waals surface area contributed by atoms with Gasteiger partial charge in [0.05, 0.1) is 15.2 Å². The Hall–Kier alpha value is -2.45. The van der Waals surface area contributed by atoms with Crippen LogP contribution in [0.3, 0.4) is 0 Å². The Labute approximate surface area is 166 Å². The average Bonchev–Trinajstić information content (AvgIpc) is 3.02. The zero-order valence-electron chi connectivity index (χ0n) is 13.5. The number of phenols is 1. The van der Waals surface area contributed by atoms with Gasteiger partial charge in [-0.2, -0.15) is 5.10 Å². The fourth-order valence-electron chi connectivity index (χ4n) is 2.23. The van der Waals surface area contributed by atoms with Crippen LogP contribution in [-0.2, 0) is 0 Å². The van der Waals surface area contributed by atoms with Gasteiger partial charge in [0, 0.05) is 5.56 Å². The molecule has 0 aliphatic carbocycles. The number of hydrogen-bond acceptors (Lipinski definition) is 5. The van der Waals surface area contributed by atoms with Crippen molar-refractivity contribution in [2.24, 2.45) is 5.10 Å². The van der Waals surface area contributed by atoms with E-state index in [2.05, 4.69) is 47.4 Å². The van der Waals surface area contributed by atoms with E-state index in [4.69, 9.17) is 4.42 Å². The molecule has 8 heteroatoms. The number of aromatic hydroxyl groups is 1. The highest BCUT2D eigenvalue weighted by atomic mass is 79.9. The summed E-state index contributed by atoms with van der Waals surface area (Å²) in [6.07, 6.45) is 1.45. The lowest BCUT2D eigenvalue weighted by molar-refractivity contribution is 0.0919. The van der Waals surface area contributed by atoms with Gasteiger partial charge >= 0.3 is 5.91 Å². The second-order valence-electron chi connectivity index (χ2n) is 5.32. The van der Waals surface area contributed by atoms with Crippen molar-refractivity contribution < 1.29 is 14.3 Å². The normalized spacial score (nSPS) is 11.0. The Morgan fingerprint density at radius 1 is 1.23 bits per heavy atom. The lowest BCUT2D eigenvalue weighted by Gasteiger charge is -2.01. The van der Waals surface area contributed by atoms with Crippen LogP contribution in [0.15, 0.2) is 60.9 Å². The van der Waals surface area contributed by atoms with Crippen LogP contribution in [0.1, 0.15) is 22.0 Å². The number of phenolic OH excluding ortho intramolecular Hbond substituents is 1. The molecule has 0 fully saturated rings. The van der Waals surface area contributed by atoms with E-state index in [1.54, 1.807) is 19.1 Å². The number of oxazole rings is 1. The van der Waals surface area contributed by atoms with Gasteiger partial charge in [-0.05, 0) is 56.5 Å². The standard InChI is InChI=1S/C18H13Br2N3O3/c1-10-15(12-5-3-2-4-6-12)22-18(26-10)17(25)23-21-9-11-7-13(19)16(24)14(20)8-11/h2-9,24H,1H3,(H,23,25). The van der Waals surface area contributed by atoms with Gasteiger partial charge in [0.2, 0.25) is 0 Å². The van der Waals surface area contributed by atoms with Crippen molar-refractivity contribution in [1.82, 2.24) is 10.4 Å². The van der Waals surface area contributed by atoms with E-state index in [0.717, 1.165) is 5.56 Å². The molecule has 0 aliphatic rings. The summed E-state index contributed by atoms with van der Waals surface area (Å²) in [6, 6.07) is 12.8. The predicted octanol–water partition coefficient (Wildman–Crippen LogP) is 4.64. The number of aromatic nitrogens is 1. The number of hydrazone groups is 1. The molecule has 0 bridgehead atoms. The maximum Gasteiger partial charge on any atom is 0.327 e. The van der Waals surface area contributed by atoms with E-state index in [9.17, 15) is 9.90 Å². The van der Waals surface area contributed by atoms with Crippen molar-refractivity contribution in [2.75, 3.05) is 0 Å². The lowest BCUT2D eigenvalue weighted by atomic mass is 10.1. The van der Waals surface area contributed by atoms with E-state index in [1.807, 2.05) is 30.3 Å². The summed E-state index contributed by atoms with van der Waals surface area (Å²) in [4.78, 5) is 16.4. The second kappa shape index (κ2) is 7.84. The average molecular weight is 479 g/mol. The molecular weight excluding hydrogens is 466 g/mol. The van der Waals surface area contributed by atoms with Gasteiger partial charge in [0.15, 0.2) is 0 Å². The first-order chi connectivity index (χ1) is 12.5. The minimum Gasteiger partial charge on any atom is -0.506 e. The molecule has 1 aromatic heterocycles. The van der Waals surface area contributed by atoms with Crippen molar-refractivity contribution in [2.45, 2.75) is 6.92 Å². The molecule has 132 valence electrons. The zero-order chi connectivity index (χ0) is 18.7.